The minimum absolute atomic E-state index is 0.105. The summed E-state index contributed by atoms with van der Waals surface area (Å²) in [6.45, 7) is 0. The molecule has 0 aliphatic rings. The van der Waals surface area contributed by atoms with Gasteiger partial charge in [-0.15, -0.1) is 0 Å². The molecule has 0 unspecified atom stereocenters. The fourth-order valence-electron chi connectivity index (χ4n) is 0.772. The first-order chi connectivity index (χ1) is 5.65. The SMILES string of the molecule is O=Cc1cc(F)ncc1B(O)O. The maximum absolute atomic E-state index is 12.4. The monoisotopic (exact) mass is 169 g/mol. The highest BCUT2D eigenvalue weighted by Crippen LogP contribution is 1.95. The lowest BCUT2D eigenvalue weighted by molar-refractivity contribution is 0.112. The lowest BCUT2D eigenvalue weighted by atomic mass is 9.78. The minimum Gasteiger partial charge on any atom is -0.423 e. The molecule has 0 bridgehead atoms. The van der Waals surface area contributed by atoms with Crippen molar-refractivity contribution < 1.29 is 19.2 Å². The summed E-state index contributed by atoms with van der Waals surface area (Å²) >= 11 is 0. The molecular formula is C6H5BFNO3. The fourth-order valence-corrected chi connectivity index (χ4v) is 0.772. The highest BCUT2D eigenvalue weighted by atomic mass is 19.1. The van der Waals surface area contributed by atoms with Crippen LogP contribution in [0.5, 0.6) is 0 Å². The number of rotatable bonds is 2. The Morgan fingerprint density at radius 2 is 2.25 bits per heavy atom. The van der Waals surface area contributed by atoms with Gasteiger partial charge in [0.2, 0.25) is 5.95 Å². The Hall–Kier alpha value is -1.27. The number of hydrogen-bond acceptors (Lipinski definition) is 4. The first kappa shape index (κ1) is 8.83. The van der Waals surface area contributed by atoms with Crippen LogP contribution in [0.2, 0.25) is 0 Å². The van der Waals surface area contributed by atoms with Gasteiger partial charge in [0.25, 0.3) is 0 Å². The van der Waals surface area contributed by atoms with Crippen LogP contribution < -0.4 is 5.46 Å². The van der Waals surface area contributed by atoms with Crippen molar-refractivity contribution in [3.8, 4) is 0 Å². The van der Waals surface area contributed by atoms with Crippen LogP contribution in [-0.2, 0) is 0 Å². The summed E-state index contributed by atoms with van der Waals surface area (Å²) in [7, 11) is -1.81. The highest BCUT2D eigenvalue weighted by Gasteiger charge is 2.16. The number of halogens is 1. The summed E-state index contributed by atoms with van der Waals surface area (Å²) in [5, 5.41) is 17.3. The van der Waals surface area contributed by atoms with Crippen molar-refractivity contribution in [3.63, 3.8) is 0 Å². The largest absolute Gasteiger partial charge is 0.490 e. The number of carbonyl (C=O) groups excluding carboxylic acids is 1. The van der Waals surface area contributed by atoms with Gasteiger partial charge >= 0.3 is 7.12 Å². The van der Waals surface area contributed by atoms with Crippen molar-refractivity contribution in [3.05, 3.63) is 23.8 Å². The molecule has 1 aromatic rings. The molecule has 2 N–H and O–H groups in total. The van der Waals surface area contributed by atoms with E-state index in [0.29, 0.717) is 6.29 Å². The first-order valence-electron chi connectivity index (χ1n) is 3.12. The Labute approximate surface area is 67.8 Å². The van der Waals surface area contributed by atoms with E-state index in [2.05, 4.69) is 4.98 Å². The molecule has 1 rings (SSSR count). The van der Waals surface area contributed by atoms with Gasteiger partial charge in [-0.25, -0.2) is 4.98 Å². The van der Waals surface area contributed by atoms with Crippen LogP contribution in [0.3, 0.4) is 0 Å². The molecule has 4 nitrogen and oxygen atoms in total. The van der Waals surface area contributed by atoms with Crippen molar-refractivity contribution in [2.75, 3.05) is 0 Å². The normalized spacial score (nSPS) is 9.58. The molecule has 62 valence electrons. The predicted octanol–water partition coefficient (Wildman–Crippen LogP) is -1.29. The van der Waals surface area contributed by atoms with Crippen LogP contribution in [0.4, 0.5) is 4.39 Å². The van der Waals surface area contributed by atoms with E-state index in [9.17, 15) is 9.18 Å². The quantitative estimate of drug-likeness (QED) is 0.328. The maximum Gasteiger partial charge on any atom is 0.490 e. The Balaban J connectivity index is 3.20. The molecule has 0 radical (unpaired) electrons. The number of aldehydes is 1. The van der Waals surface area contributed by atoms with E-state index in [1.54, 1.807) is 0 Å². The van der Waals surface area contributed by atoms with Gasteiger partial charge in [0.15, 0.2) is 0 Å². The number of carbonyl (C=O) groups is 1. The molecule has 1 heterocycles. The van der Waals surface area contributed by atoms with Gasteiger partial charge in [0.05, 0.1) is 0 Å². The first-order valence-corrected chi connectivity index (χ1v) is 3.12. The number of hydrogen-bond donors (Lipinski definition) is 2. The van der Waals surface area contributed by atoms with Crippen LogP contribution in [0, 0.1) is 5.95 Å². The molecule has 0 saturated heterocycles. The van der Waals surface area contributed by atoms with Gasteiger partial charge in [-0.05, 0) is 0 Å². The molecule has 0 spiro atoms. The van der Waals surface area contributed by atoms with Gasteiger partial charge in [0.1, 0.15) is 6.29 Å². The molecule has 1 aromatic heterocycles. The minimum atomic E-state index is -1.81. The second-order valence-electron chi connectivity index (χ2n) is 2.13. The van der Waals surface area contributed by atoms with Crippen LogP contribution in [0.1, 0.15) is 10.4 Å². The Morgan fingerprint density at radius 1 is 1.58 bits per heavy atom. The predicted molar refractivity (Wildman–Crippen MR) is 39.4 cm³/mol. The number of nitrogens with zero attached hydrogens (tertiary/aromatic N) is 1. The molecule has 0 atom stereocenters. The average Bonchev–Trinajstić information content (AvgIpc) is 2.03. The molecule has 0 saturated carbocycles. The van der Waals surface area contributed by atoms with Crippen LogP contribution in [-0.4, -0.2) is 28.4 Å². The number of aromatic nitrogens is 1. The lowest BCUT2D eigenvalue weighted by Gasteiger charge is -2.00. The van der Waals surface area contributed by atoms with E-state index in [0.717, 1.165) is 12.3 Å². The van der Waals surface area contributed by atoms with E-state index in [-0.39, 0.29) is 11.0 Å². The van der Waals surface area contributed by atoms with Crippen molar-refractivity contribution >= 4 is 18.9 Å². The van der Waals surface area contributed by atoms with E-state index < -0.39 is 13.1 Å². The van der Waals surface area contributed by atoms with E-state index in [1.165, 1.54) is 0 Å². The van der Waals surface area contributed by atoms with Crippen LogP contribution in [0.25, 0.3) is 0 Å². The zero-order chi connectivity index (χ0) is 9.14. The molecule has 0 fully saturated rings. The third-order valence-electron chi connectivity index (χ3n) is 1.34. The van der Waals surface area contributed by atoms with Gasteiger partial charge < -0.3 is 10.0 Å². The molecule has 0 aliphatic carbocycles. The molecule has 0 aromatic carbocycles. The van der Waals surface area contributed by atoms with Crippen LogP contribution >= 0.6 is 0 Å². The summed E-state index contributed by atoms with van der Waals surface area (Å²) in [6, 6.07) is 0.835. The third kappa shape index (κ3) is 1.66. The summed E-state index contributed by atoms with van der Waals surface area (Å²) in [5.74, 6) is -0.832. The van der Waals surface area contributed by atoms with Crippen molar-refractivity contribution in [2.24, 2.45) is 0 Å². The summed E-state index contributed by atoms with van der Waals surface area (Å²) in [5.41, 5.74) is -0.219. The van der Waals surface area contributed by atoms with E-state index in [1.807, 2.05) is 0 Å². The second kappa shape index (κ2) is 3.42. The smallest absolute Gasteiger partial charge is 0.423 e. The summed E-state index contributed by atoms with van der Waals surface area (Å²) in [4.78, 5) is 13.4. The van der Waals surface area contributed by atoms with Crippen molar-refractivity contribution in [1.82, 2.24) is 4.98 Å². The molecule has 0 amide bonds. The third-order valence-corrected chi connectivity index (χ3v) is 1.34. The average molecular weight is 169 g/mol. The van der Waals surface area contributed by atoms with Gasteiger partial charge in [0, 0.05) is 23.3 Å². The van der Waals surface area contributed by atoms with Gasteiger partial charge in [-0.1, -0.05) is 0 Å². The topological polar surface area (TPSA) is 70.4 Å². The zero-order valence-electron chi connectivity index (χ0n) is 5.94. The lowest BCUT2D eigenvalue weighted by Crippen LogP contribution is -2.33. The second-order valence-corrected chi connectivity index (χ2v) is 2.13. The van der Waals surface area contributed by atoms with Gasteiger partial charge in [-0.2, -0.15) is 4.39 Å². The molecular weight excluding hydrogens is 164 g/mol. The Kier molecular flexibility index (Phi) is 2.52. The van der Waals surface area contributed by atoms with E-state index in [4.69, 9.17) is 10.0 Å². The standard InChI is InChI=1S/C6H5BFNO3/c8-6-1-4(3-10)5(2-9-6)7(11)12/h1-3,11-12H. The highest BCUT2D eigenvalue weighted by molar-refractivity contribution is 6.59. The Bertz CT molecular complexity index is 305. The molecule has 12 heavy (non-hydrogen) atoms. The van der Waals surface area contributed by atoms with E-state index >= 15 is 0 Å². The van der Waals surface area contributed by atoms with Gasteiger partial charge in [-0.3, -0.25) is 4.79 Å². The summed E-state index contributed by atoms with van der Waals surface area (Å²) < 4.78 is 12.4. The zero-order valence-corrected chi connectivity index (χ0v) is 5.94. The maximum atomic E-state index is 12.4. The molecule has 0 aliphatic heterocycles. The fraction of sp³-hybridized carbons (Fsp3) is 0. The van der Waals surface area contributed by atoms with Crippen molar-refractivity contribution in [2.45, 2.75) is 0 Å². The van der Waals surface area contributed by atoms with Crippen LogP contribution in [0.15, 0.2) is 12.3 Å². The Morgan fingerprint density at radius 3 is 2.75 bits per heavy atom. The number of pyridine rings is 1. The summed E-state index contributed by atoms with van der Waals surface area (Å²) in [6.07, 6.45) is 1.24. The van der Waals surface area contributed by atoms with Crippen molar-refractivity contribution in [1.29, 1.82) is 0 Å². The molecule has 6 heteroatoms.